The number of nitrogens with zero attached hydrogens (tertiary/aromatic N) is 1. The maximum atomic E-state index is 3.42. The van der Waals surface area contributed by atoms with E-state index in [1.54, 1.807) is 0 Å². The van der Waals surface area contributed by atoms with Crippen molar-refractivity contribution in [3.05, 3.63) is 0 Å². The van der Waals surface area contributed by atoms with E-state index in [9.17, 15) is 0 Å². The van der Waals surface area contributed by atoms with Crippen LogP contribution in [-0.2, 0) is 0 Å². The normalized spacial score (nSPS) is 35.8. The third-order valence-corrected chi connectivity index (χ3v) is 3.46. The van der Waals surface area contributed by atoms with E-state index < -0.39 is 0 Å². The highest BCUT2D eigenvalue weighted by atomic mass is 15.2. The smallest absolute Gasteiger partial charge is 0.0218 e. The molecule has 0 bridgehead atoms. The molecule has 1 rings (SSSR count). The molecule has 0 spiro atoms. The van der Waals surface area contributed by atoms with Crippen molar-refractivity contribution in [2.75, 3.05) is 20.6 Å². The van der Waals surface area contributed by atoms with E-state index in [0.29, 0.717) is 17.5 Å². The molecular weight excluding hydrogens is 160 g/mol. The van der Waals surface area contributed by atoms with Crippen LogP contribution in [0.2, 0.25) is 0 Å². The maximum absolute atomic E-state index is 3.42. The number of nitrogens with one attached hydrogen (secondary N) is 1. The van der Waals surface area contributed by atoms with Crippen LogP contribution in [0.1, 0.15) is 33.6 Å². The summed E-state index contributed by atoms with van der Waals surface area (Å²) in [7, 11) is 4.31. The zero-order chi connectivity index (χ0) is 10.1. The van der Waals surface area contributed by atoms with Gasteiger partial charge in [0.2, 0.25) is 0 Å². The fourth-order valence-corrected chi connectivity index (χ4v) is 2.38. The summed E-state index contributed by atoms with van der Waals surface area (Å²) >= 11 is 0. The van der Waals surface area contributed by atoms with Gasteiger partial charge in [0.15, 0.2) is 0 Å². The monoisotopic (exact) mass is 184 g/mol. The minimum atomic E-state index is 0.481. The Balaban J connectivity index is 2.68. The number of likely N-dealkylation sites (N-methyl/N-ethyl adjacent to an activating group) is 2. The van der Waals surface area contributed by atoms with Crippen LogP contribution in [-0.4, -0.2) is 37.6 Å². The van der Waals surface area contributed by atoms with Gasteiger partial charge in [0.1, 0.15) is 0 Å². The largest absolute Gasteiger partial charge is 0.315 e. The average Bonchev–Trinajstić information content (AvgIpc) is 2.11. The summed E-state index contributed by atoms with van der Waals surface area (Å²) in [5.74, 6) is 0. The van der Waals surface area contributed by atoms with Gasteiger partial charge in [-0.25, -0.2) is 0 Å². The van der Waals surface area contributed by atoms with E-state index in [4.69, 9.17) is 0 Å². The summed E-state index contributed by atoms with van der Waals surface area (Å²) in [6.45, 7) is 8.28. The molecule has 1 saturated heterocycles. The zero-order valence-electron chi connectivity index (χ0n) is 9.72. The molecule has 0 radical (unpaired) electrons. The topological polar surface area (TPSA) is 15.3 Å². The number of likely N-dealkylation sites (tertiary alicyclic amines) is 1. The van der Waals surface area contributed by atoms with Crippen LogP contribution < -0.4 is 5.32 Å². The molecule has 1 heterocycles. The fraction of sp³-hybridized carbons (Fsp3) is 1.00. The van der Waals surface area contributed by atoms with Crippen molar-refractivity contribution in [1.29, 1.82) is 0 Å². The van der Waals surface area contributed by atoms with Gasteiger partial charge < -0.3 is 10.2 Å². The number of hydrogen-bond donors (Lipinski definition) is 1. The van der Waals surface area contributed by atoms with Crippen molar-refractivity contribution in [2.24, 2.45) is 5.41 Å². The van der Waals surface area contributed by atoms with Gasteiger partial charge in [-0.05, 0) is 39.3 Å². The van der Waals surface area contributed by atoms with Gasteiger partial charge in [0.25, 0.3) is 0 Å². The summed E-state index contributed by atoms with van der Waals surface area (Å²) in [6, 6.07) is 1.32. The second kappa shape index (κ2) is 3.97. The fourth-order valence-electron chi connectivity index (χ4n) is 2.38. The highest BCUT2D eigenvalue weighted by Gasteiger charge is 2.30. The molecule has 13 heavy (non-hydrogen) atoms. The van der Waals surface area contributed by atoms with Crippen molar-refractivity contribution in [1.82, 2.24) is 10.2 Å². The minimum absolute atomic E-state index is 0.481. The summed E-state index contributed by atoms with van der Waals surface area (Å²) in [5, 5.41) is 3.42. The first-order valence-electron chi connectivity index (χ1n) is 5.34. The standard InChI is InChI=1S/C11H24N2/c1-9-10(12-4)6-7-11(2,3)8-13(9)5/h9-10,12H,6-8H2,1-5H3. The van der Waals surface area contributed by atoms with Gasteiger partial charge in [-0.3, -0.25) is 0 Å². The third kappa shape index (κ3) is 2.68. The van der Waals surface area contributed by atoms with E-state index in [2.05, 4.69) is 45.1 Å². The zero-order valence-corrected chi connectivity index (χ0v) is 9.72. The van der Waals surface area contributed by atoms with Gasteiger partial charge in [0.05, 0.1) is 0 Å². The Kier molecular flexibility index (Phi) is 3.36. The van der Waals surface area contributed by atoms with E-state index >= 15 is 0 Å². The predicted octanol–water partition coefficient (Wildman–Crippen LogP) is 1.71. The first-order chi connectivity index (χ1) is 5.96. The van der Waals surface area contributed by atoms with Gasteiger partial charge in [-0.1, -0.05) is 13.8 Å². The van der Waals surface area contributed by atoms with Crippen molar-refractivity contribution in [3.8, 4) is 0 Å². The van der Waals surface area contributed by atoms with Crippen LogP contribution in [0.5, 0.6) is 0 Å². The molecule has 1 fully saturated rings. The molecule has 2 nitrogen and oxygen atoms in total. The van der Waals surface area contributed by atoms with E-state index in [0.717, 1.165) is 0 Å². The second-order valence-electron chi connectivity index (χ2n) is 5.25. The Morgan fingerprint density at radius 3 is 2.54 bits per heavy atom. The Morgan fingerprint density at radius 1 is 1.38 bits per heavy atom. The Bertz CT molecular complexity index is 165. The molecule has 0 amide bonds. The number of hydrogen-bond acceptors (Lipinski definition) is 2. The molecule has 1 aliphatic rings. The van der Waals surface area contributed by atoms with Crippen LogP contribution in [0, 0.1) is 5.41 Å². The molecule has 78 valence electrons. The third-order valence-electron chi connectivity index (χ3n) is 3.46. The van der Waals surface area contributed by atoms with E-state index in [-0.39, 0.29) is 0 Å². The van der Waals surface area contributed by atoms with Gasteiger partial charge in [-0.2, -0.15) is 0 Å². The lowest BCUT2D eigenvalue weighted by molar-refractivity contribution is 0.179. The Labute approximate surface area is 82.7 Å². The van der Waals surface area contributed by atoms with Crippen molar-refractivity contribution in [3.63, 3.8) is 0 Å². The average molecular weight is 184 g/mol. The molecule has 1 aliphatic heterocycles. The highest BCUT2D eigenvalue weighted by molar-refractivity contribution is 4.87. The van der Waals surface area contributed by atoms with Gasteiger partial charge in [-0.15, -0.1) is 0 Å². The van der Waals surface area contributed by atoms with Crippen LogP contribution in [0.15, 0.2) is 0 Å². The van der Waals surface area contributed by atoms with Crippen molar-refractivity contribution >= 4 is 0 Å². The van der Waals surface area contributed by atoms with Crippen LogP contribution in [0.4, 0.5) is 0 Å². The van der Waals surface area contributed by atoms with Crippen LogP contribution in [0.3, 0.4) is 0 Å². The molecule has 1 N–H and O–H groups in total. The lowest BCUT2D eigenvalue weighted by Crippen LogP contribution is -2.45. The first kappa shape index (κ1) is 11.0. The molecule has 0 aromatic carbocycles. The molecule has 0 saturated carbocycles. The van der Waals surface area contributed by atoms with E-state index in [1.807, 2.05) is 0 Å². The van der Waals surface area contributed by atoms with E-state index in [1.165, 1.54) is 19.4 Å². The minimum Gasteiger partial charge on any atom is -0.315 e. The Morgan fingerprint density at radius 2 is 2.00 bits per heavy atom. The lowest BCUT2D eigenvalue weighted by atomic mass is 9.87. The van der Waals surface area contributed by atoms with Crippen LogP contribution >= 0.6 is 0 Å². The SMILES string of the molecule is CNC1CCC(C)(C)CN(C)C1C. The molecular formula is C11H24N2. The highest BCUT2D eigenvalue weighted by Crippen LogP contribution is 2.29. The second-order valence-corrected chi connectivity index (χ2v) is 5.25. The summed E-state index contributed by atoms with van der Waals surface area (Å²) in [4.78, 5) is 2.48. The number of rotatable bonds is 1. The van der Waals surface area contributed by atoms with Crippen molar-refractivity contribution < 1.29 is 0 Å². The van der Waals surface area contributed by atoms with Crippen molar-refractivity contribution in [2.45, 2.75) is 45.7 Å². The quantitative estimate of drug-likeness (QED) is 0.667. The molecule has 2 atom stereocenters. The Hall–Kier alpha value is -0.0800. The van der Waals surface area contributed by atoms with Crippen LogP contribution in [0.25, 0.3) is 0 Å². The van der Waals surface area contributed by atoms with Gasteiger partial charge in [0, 0.05) is 18.6 Å². The first-order valence-corrected chi connectivity index (χ1v) is 5.34. The molecule has 0 aromatic heterocycles. The molecule has 2 unspecified atom stereocenters. The lowest BCUT2D eigenvalue weighted by Gasteiger charge is -2.31. The molecule has 2 heteroatoms. The maximum Gasteiger partial charge on any atom is 0.0218 e. The summed E-state index contributed by atoms with van der Waals surface area (Å²) in [5.41, 5.74) is 0.481. The summed E-state index contributed by atoms with van der Waals surface area (Å²) < 4.78 is 0. The summed E-state index contributed by atoms with van der Waals surface area (Å²) in [6.07, 6.45) is 2.63. The predicted molar refractivity (Wildman–Crippen MR) is 58.0 cm³/mol. The molecule has 0 aromatic rings. The molecule has 0 aliphatic carbocycles. The van der Waals surface area contributed by atoms with Gasteiger partial charge >= 0.3 is 0 Å².